The van der Waals surface area contributed by atoms with Crippen molar-refractivity contribution in [3.05, 3.63) is 87.3 Å². The molecule has 1 aromatic heterocycles. The van der Waals surface area contributed by atoms with Gasteiger partial charge in [-0.05, 0) is 42.7 Å². The van der Waals surface area contributed by atoms with Crippen LogP contribution in [0.25, 0.3) is 0 Å². The highest BCUT2D eigenvalue weighted by molar-refractivity contribution is 8.01. The number of aromatic nitrogens is 2. The molecule has 0 spiro atoms. The Bertz CT molecular complexity index is 1640. The van der Waals surface area contributed by atoms with Gasteiger partial charge in [-0.15, -0.1) is 10.2 Å². The van der Waals surface area contributed by atoms with E-state index in [4.69, 9.17) is 23.1 Å². The second-order valence-corrected chi connectivity index (χ2v) is 11.6. The van der Waals surface area contributed by atoms with E-state index in [-0.39, 0.29) is 34.4 Å². The predicted octanol–water partition coefficient (Wildman–Crippen LogP) is 4.33. The molecule has 5 rings (SSSR count). The normalized spacial score (nSPS) is 16.9. The van der Waals surface area contributed by atoms with Crippen molar-refractivity contribution in [3.8, 4) is 6.07 Å². The van der Waals surface area contributed by atoms with Crippen LogP contribution < -0.4 is 21.7 Å². The summed E-state index contributed by atoms with van der Waals surface area (Å²) >= 11 is 8.58. The minimum atomic E-state index is -0.645. The van der Waals surface area contributed by atoms with E-state index < -0.39 is 11.8 Å². The van der Waals surface area contributed by atoms with Crippen molar-refractivity contribution in [1.82, 2.24) is 10.2 Å². The van der Waals surface area contributed by atoms with E-state index in [1.807, 2.05) is 6.07 Å². The number of para-hydroxylation sites is 1. The molecule has 40 heavy (non-hydrogen) atoms. The SMILES string of the molecule is N#CC1=C(N)N(c2nnc(SCC(=O)Nc3ccccc3C(N)=O)s2)C2=C(C(=O)CCC2)C1c1cccc(Cl)c1. The first-order chi connectivity index (χ1) is 19.3. The molecule has 2 heterocycles. The van der Waals surface area contributed by atoms with Crippen LogP contribution in [-0.4, -0.2) is 33.5 Å². The lowest BCUT2D eigenvalue weighted by Gasteiger charge is -2.38. The van der Waals surface area contributed by atoms with Crippen LogP contribution in [0.1, 0.15) is 41.1 Å². The highest BCUT2D eigenvalue weighted by Crippen LogP contribution is 2.47. The molecule has 3 aromatic rings. The van der Waals surface area contributed by atoms with E-state index in [0.717, 1.165) is 11.8 Å². The average Bonchev–Trinajstić information content (AvgIpc) is 3.40. The minimum Gasteiger partial charge on any atom is -0.384 e. The van der Waals surface area contributed by atoms with Crippen LogP contribution in [0.2, 0.25) is 5.02 Å². The number of carbonyl (C=O) groups is 3. The molecular weight excluding hydrogens is 570 g/mol. The summed E-state index contributed by atoms with van der Waals surface area (Å²) in [6.45, 7) is 0. The molecule has 1 atom stereocenters. The first kappa shape index (κ1) is 27.4. The maximum absolute atomic E-state index is 13.2. The molecule has 0 saturated carbocycles. The monoisotopic (exact) mass is 591 g/mol. The van der Waals surface area contributed by atoms with Gasteiger partial charge in [0.05, 0.1) is 34.6 Å². The van der Waals surface area contributed by atoms with E-state index in [1.165, 1.54) is 17.4 Å². The van der Waals surface area contributed by atoms with Gasteiger partial charge in [0.1, 0.15) is 5.82 Å². The van der Waals surface area contributed by atoms with Crippen LogP contribution in [0.3, 0.4) is 0 Å². The number of thioether (sulfide) groups is 1. The Labute approximate surface area is 242 Å². The third-order valence-corrected chi connectivity index (χ3v) is 8.75. The molecular formula is C27H22ClN7O3S2. The number of hydrogen-bond acceptors (Lipinski definition) is 10. The Kier molecular flexibility index (Phi) is 7.88. The van der Waals surface area contributed by atoms with E-state index in [2.05, 4.69) is 21.6 Å². The summed E-state index contributed by atoms with van der Waals surface area (Å²) in [7, 11) is 0. The lowest BCUT2D eigenvalue weighted by molar-refractivity contribution is -0.116. The number of primary amides is 1. The molecule has 0 saturated heterocycles. The number of hydrogen-bond donors (Lipinski definition) is 3. The molecule has 0 radical (unpaired) electrons. The Morgan fingerprint density at radius 2 is 2.00 bits per heavy atom. The van der Waals surface area contributed by atoms with Crippen LogP contribution in [0, 0.1) is 11.3 Å². The molecule has 0 bridgehead atoms. The van der Waals surface area contributed by atoms with Crippen LogP contribution in [-0.2, 0) is 9.59 Å². The largest absolute Gasteiger partial charge is 0.384 e. The van der Waals surface area contributed by atoms with E-state index in [1.54, 1.807) is 41.3 Å². The van der Waals surface area contributed by atoms with Gasteiger partial charge in [-0.2, -0.15) is 5.26 Å². The molecule has 1 aliphatic heterocycles. The Hall–Kier alpha value is -4.18. The maximum Gasteiger partial charge on any atom is 0.250 e. The van der Waals surface area contributed by atoms with Crippen molar-refractivity contribution in [2.24, 2.45) is 11.5 Å². The number of Topliss-reactive ketones (excluding diaryl/α,β-unsaturated/α-hetero) is 1. The number of amides is 2. The molecule has 10 nitrogen and oxygen atoms in total. The third kappa shape index (κ3) is 5.31. The standard InChI is InChI=1S/C27H22ClN7O3S2/c28-15-6-3-5-14(11-15)22-17(12-29)24(30)35(19-9-4-10-20(36)23(19)22)26-33-34-27(40-26)39-13-21(37)32-18-8-2-1-7-16(18)25(31)38/h1-3,5-8,11,22H,4,9-10,13,30H2,(H2,31,38)(H,32,37). The second-order valence-electron chi connectivity index (χ2n) is 8.97. The number of nitrogens with two attached hydrogens (primary N) is 2. The molecule has 2 amide bonds. The number of rotatable bonds is 7. The molecule has 0 fully saturated rings. The topological polar surface area (TPSA) is 168 Å². The number of nitrogens with one attached hydrogen (secondary N) is 1. The van der Waals surface area contributed by atoms with E-state index in [0.29, 0.717) is 56.3 Å². The van der Waals surface area contributed by atoms with Gasteiger partial charge in [-0.3, -0.25) is 19.3 Å². The fourth-order valence-corrected chi connectivity index (χ4v) is 6.68. The fourth-order valence-electron chi connectivity index (χ4n) is 4.80. The predicted molar refractivity (Wildman–Crippen MR) is 154 cm³/mol. The molecule has 1 unspecified atom stereocenters. The smallest absolute Gasteiger partial charge is 0.250 e. The van der Waals surface area contributed by atoms with Gasteiger partial charge in [0.25, 0.3) is 5.91 Å². The van der Waals surface area contributed by atoms with Crippen LogP contribution in [0.15, 0.2) is 75.5 Å². The van der Waals surface area contributed by atoms with Crippen LogP contribution >= 0.6 is 34.7 Å². The lowest BCUT2D eigenvalue weighted by Crippen LogP contribution is -2.38. The van der Waals surface area contributed by atoms with Gasteiger partial charge >= 0.3 is 0 Å². The zero-order valence-electron chi connectivity index (χ0n) is 20.9. The summed E-state index contributed by atoms with van der Waals surface area (Å²) in [4.78, 5) is 39.1. The average molecular weight is 592 g/mol. The van der Waals surface area contributed by atoms with Crippen LogP contribution in [0.5, 0.6) is 0 Å². The van der Waals surface area contributed by atoms with Gasteiger partial charge in [0.15, 0.2) is 10.1 Å². The molecule has 13 heteroatoms. The quantitative estimate of drug-likeness (QED) is 0.339. The molecule has 202 valence electrons. The Morgan fingerprint density at radius 1 is 1.20 bits per heavy atom. The van der Waals surface area contributed by atoms with Crippen LogP contribution in [0.4, 0.5) is 10.8 Å². The zero-order chi connectivity index (χ0) is 28.4. The zero-order valence-corrected chi connectivity index (χ0v) is 23.3. The molecule has 1 aliphatic carbocycles. The Balaban J connectivity index is 1.41. The first-order valence-corrected chi connectivity index (χ1v) is 14.3. The van der Waals surface area contributed by atoms with Crippen molar-refractivity contribution >= 4 is 63.1 Å². The molecule has 2 aromatic carbocycles. The number of nitrogens with zero attached hydrogens (tertiary/aromatic N) is 4. The third-order valence-electron chi connectivity index (χ3n) is 6.48. The van der Waals surface area contributed by atoms with Gasteiger partial charge in [0, 0.05) is 22.7 Å². The summed E-state index contributed by atoms with van der Waals surface area (Å²) in [5, 5.41) is 22.2. The van der Waals surface area contributed by atoms with Crippen molar-refractivity contribution in [2.75, 3.05) is 16.0 Å². The van der Waals surface area contributed by atoms with E-state index in [9.17, 15) is 19.6 Å². The maximum atomic E-state index is 13.2. The summed E-state index contributed by atoms with van der Waals surface area (Å²) in [6, 6.07) is 15.8. The summed E-state index contributed by atoms with van der Waals surface area (Å²) in [5.74, 6) is -1.50. The number of halogens is 1. The van der Waals surface area contributed by atoms with Gasteiger partial charge in [0.2, 0.25) is 11.0 Å². The van der Waals surface area contributed by atoms with Gasteiger partial charge in [-0.25, -0.2) is 0 Å². The summed E-state index contributed by atoms with van der Waals surface area (Å²) < 4.78 is 0.487. The van der Waals surface area contributed by atoms with Crippen molar-refractivity contribution in [2.45, 2.75) is 29.5 Å². The highest BCUT2D eigenvalue weighted by atomic mass is 35.5. The number of nitriles is 1. The van der Waals surface area contributed by atoms with Crippen molar-refractivity contribution < 1.29 is 14.4 Å². The molecule has 5 N–H and O–H groups in total. The number of anilines is 2. The number of allylic oxidation sites excluding steroid dienone is 3. The molecule has 2 aliphatic rings. The first-order valence-electron chi connectivity index (χ1n) is 12.1. The second kappa shape index (κ2) is 11.5. The number of ketones is 1. The van der Waals surface area contributed by atoms with Gasteiger partial charge < -0.3 is 16.8 Å². The highest BCUT2D eigenvalue weighted by Gasteiger charge is 2.41. The minimum absolute atomic E-state index is 0.000229. The lowest BCUT2D eigenvalue weighted by atomic mass is 9.76. The van der Waals surface area contributed by atoms with E-state index >= 15 is 0 Å². The van der Waals surface area contributed by atoms with Crippen molar-refractivity contribution in [3.63, 3.8) is 0 Å². The fraction of sp³-hybridized carbons (Fsp3) is 0.185. The number of benzene rings is 2. The number of carbonyl (C=O) groups excluding carboxylic acids is 3. The van der Waals surface area contributed by atoms with Crippen molar-refractivity contribution in [1.29, 1.82) is 5.26 Å². The Morgan fingerprint density at radius 3 is 2.75 bits per heavy atom. The summed E-state index contributed by atoms with van der Waals surface area (Å²) in [5.41, 5.74) is 14.6. The van der Waals surface area contributed by atoms with Gasteiger partial charge in [-0.1, -0.05) is 59.0 Å². The summed E-state index contributed by atoms with van der Waals surface area (Å²) in [6.07, 6.45) is 1.58.